The van der Waals surface area contributed by atoms with Gasteiger partial charge in [0.1, 0.15) is 0 Å². The Morgan fingerprint density at radius 1 is 1.31 bits per heavy atom. The predicted octanol–water partition coefficient (Wildman–Crippen LogP) is 1.64. The highest BCUT2D eigenvalue weighted by molar-refractivity contribution is 6.65. The molecule has 13 heavy (non-hydrogen) atoms. The van der Waals surface area contributed by atoms with Crippen molar-refractivity contribution in [2.24, 2.45) is 0 Å². The van der Waals surface area contributed by atoms with E-state index in [1.807, 2.05) is 0 Å². The smallest absolute Gasteiger partial charge is 0.436 e. The second kappa shape index (κ2) is 3.53. The Labute approximate surface area is 76.8 Å². The van der Waals surface area contributed by atoms with Gasteiger partial charge in [0.25, 0.3) is 10.8 Å². The van der Waals surface area contributed by atoms with Gasteiger partial charge in [0.2, 0.25) is 0 Å². The van der Waals surface area contributed by atoms with Gasteiger partial charge in [0, 0.05) is 6.92 Å². The molecule has 0 aliphatic heterocycles. The van der Waals surface area contributed by atoms with Crippen LogP contribution in [0.15, 0.2) is 0 Å². The monoisotopic (exact) mass is 218 g/mol. The number of alkyl halides is 3. The second-order valence-electron chi connectivity index (χ2n) is 2.40. The van der Waals surface area contributed by atoms with Gasteiger partial charge in [0.05, 0.1) is 0 Å². The number of halogens is 4. The molecule has 0 heterocycles. The van der Waals surface area contributed by atoms with E-state index < -0.39 is 23.0 Å². The SMILES string of the molecule is CC(=O)O[C@](C)(C(=O)Cl)C(F)(F)F. The fourth-order valence-electron chi connectivity index (χ4n) is 0.497. The van der Waals surface area contributed by atoms with Crippen LogP contribution in [0.5, 0.6) is 0 Å². The summed E-state index contributed by atoms with van der Waals surface area (Å²) in [5.41, 5.74) is -3.26. The van der Waals surface area contributed by atoms with Gasteiger partial charge in [-0.2, -0.15) is 13.2 Å². The molecule has 0 rings (SSSR count). The summed E-state index contributed by atoms with van der Waals surface area (Å²) in [6.07, 6.45) is -5.02. The largest absolute Gasteiger partial charge is 0.440 e. The van der Waals surface area contributed by atoms with E-state index >= 15 is 0 Å². The van der Waals surface area contributed by atoms with Crippen LogP contribution < -0.4 is 0 Å². The molecule has 0 aromatic carbocycles. The highest BCUT2D eigenvalue weighted by Crippen LogP contribution is 2.35. The summed E-state index contributed by atoms with van der Waals surface area (Å²) in [4.78, 5) is 20.7. The quantitative estimate of drug-likeness (QED) is 0.523. The van der Waals surface area contributed by atoms with Crippen LogP contribution in [0.4, 0.5) is 13.2 Å². The maximum atomic E-state index is 12.1. The summed E-state index contributed by atoms with van der Waals surface area (Å²) in [5.74, 6) is -1.23. The third-order valence-electron chi connectivity index (χ3n) is 1.26. The predicted molar refractivity (Wildman–Crippen MR) is 37.1 cm³/mol. The molecule has 0 amide bonds. The zero-order valence-corrected chi connectivity index (χ0v) is 7.49. The summed E-state index contributed by atoms with van der Waals surface area (Å²) < 4.78 is 40.2. The van der Waals surface area contributed by atoms with E-state index in [2.05, 4.69) is 16.3 Å². The maximum Gasteiger partial charge on any atom is 0.436 e. The molecule has 0 N–H and O–H groups in total. The molecule has 0 aromatic heterocycles. The van der Waals surface area contributed by atoms with Crippen LogP contribution in [0.1, 0.15) is 13.8 Å². The number of esters is 1. The van der Waals surface area contributed by atoms with Crippen LogP contribution in [0, 0.1) is 0 Å². The van der Waals surface area contributed by atoms with E-state index in [-0.39, 0.29) is 0 Å². The van der Waals surface area contributed by atoms with Crippen LogP contribution >= 0.6 is 11.6 Å². The van der Waals surface area contributed by atoms with Crippen molar-refractivity contribution < 1.29 is 27.5 Å². The number of hydrogen-bond donors (Lipinski definition) is 0. The zero-order valence-electron chi connectivity index (χ0n) is 6.74. The fraction of sp³-hybridized carbons (Fsp3) is 0.667. The molecule has 0 radical (unpaired) electrons. The minimum Gasteiger partial charge on any atom is -0.440 e. The Morgan fingerprint density at radius 3 is 1.77 bits per heavy atom. The van der Waals surface area contributed by atoms with E-state index in [9.17, 15) is 22.8 Å². The summed E-state index contributed by atoms with van der Waals surface area (Å²) in [6, 6.07) is 0. The maximum absolute atomic E-state index is 12.1. The number of carbonyl (C=O) groups is 2. The molecule has 0 saturated heterocycles. The third kappa shape index (κ3) is 2.58. The van der Waals surface area contributed by atoms with Crippen molar-refractivity contribution in [3.8, 4) is 0 Å². The van der Waals surface area contributed by atoms with Crippen LogP contribution in [-0.4, -0.2) is 23.0 Å². The minimum absolute atomic E-state index is 0.393. The van der Waals surface area contributed by atoms with Gasteiger partial charge in [-0.3, -0.25) is 9.59 Å². The zero-order chi connectivity index (χ0) is 10.9. The van der Waals surface area contributed by atoms with Crippen molar-refractivity contribution >= 4 is 22.8 Å². The van der Waals surface area contributed by atoms with Crippen molar-refractivity contribution in [2.45, 2.75) is 25.6 Å². The molecule has 0 spiro atoms. The Balaban J connectivity index is 4.96. The van der Waals surface area contributed by atoms with E-state index in [0.717, 1.165) is 6.92 Å². The van der Waals surface area contributed by atoms with E-state index in [1.54, 1.807) is 0 Å². The molecule has 0 saturated carbocycles. The number of ether oxygens (including phenoxy) is 1. The van der Waals surface area contributed by atoms with Crippen LogP contribution in [0.25, 0.3) is 0 Å². The first kappa shape index (κ1) is 12.2. The van der Waals surface area contributed by atoms with Gasteiger partial charge in [-0.15, -0.1) is 0 Å². The highest BCUT2D eigenvalue weighted by atomic mass is 35.5. The topological polar surface area (TPSA) is 43.4 Å². The first-order chi connectivity index (χ1) is 5.61. The summed E-state index contributed by atoms with van der Waals surface area (Å²) in [6.45, 7) is 1.15. The highest BCUT2D eigenvalue weighted by Gasteiger charge is 2.59. The molecule has 76 valence electrons. The molecule has 7 heteroatoms. The summed E-state index contributed by atoms with van der Waals surface area (Å²) in [7, 11) is 0. The Bertz CT molecular complexity index is 238. The summed E-state index contributed by atoms with van der Waals surface area (Å²) in [5, 5.41) is -1.78. The third-order valence-corrected chi connectivity index (χ3v) is 1.62. The van der Waals surface area contributed by atoms with Crippen molar-refractivity contribution in [3.05, 3.63) is 0 Å². The van der Waals surface area contributed by atoms with Crippen molar-refractivity contribution in [3.63, 3.8) is 0 Å². The van der Waals surface area contributed by atoms with Gasteiger partial charge in [-0.25, -0.2) is 0 Å². The van der Waals surface area contributed by atoms with Crippen LogP contribution in [0.3, 0.4) is 0 Å². The molecule has 0 aliphatic carbocycles. The van der Waals surface area contributed by atoms with E-state index in [0.29, 0.717) is 6.92 Å². The van der Waals surface area contributed by atoms with Gasteiger partial charge >= 0.3 is 12.1 Å². The van der Waals surface area contributed by atoms with Crippen molar-refractivity contribution in [1.82, 2.24) is 0 Å². The lowest BCUT2D eigenvalue weighted by Crippen LogP contribution is -2.50. The normalized spacial score (nSPS) is 16.2. The Morgan fingerprint density at radius 2 is 1.69 bits per heavy atom. The lowest BCUT2D eigenvalue weighted by Gasteiger charge is -2.26. The standard InChI is InChI=1S/C6H6ClF3O3/c1-3(11)13-5(2,4(7)12)6(8,9)10/h1-2H3/t5-/m1/s1. The molecular formula is C6H6ClF3O3. The number of carbonyl (C=O) groups excluding carboxylic acids is 2. The van der Waals surface area contributed by atoms with Gasteiger partial charge in [0.15, 0.2) is 0 Å². The molecule has 0 unspecified atom stereocenters. The molecular weight excluding hydrogens is 213 g/mol. The van der Waals surface area contributed by atoms with Gasteiger partial charge in [-0.1, -0.05) is 0 Å². The first-order valence-electron chi connectivity index (χ1n) is 3.07. The average Bonchev–Trinajstić information content (AvgIpc) is 1.82. The molecule has 0 bridgehead atoms. The summed E-state index contributed by atoms with van der Waals surface area (Å²) >= 11 is 4.68. The van der Waals surface area contributed by atoms with Gasteiger partial charge < -0.3 is 4.74 Å². The lowest BCUT2D eigenvalue weighted by atomic mass is 10.1. The fourth-order valence-corrected chi connectivity index (χ4v) is 0.643. The van der Waals surface area contributed by atoms with E-state index in [1.165, 1.54) is 0 Å². The van der Waals surface area contributed by atoms with E-state index in [4.69, 9.17) is 0 Å². The molecule has 0 aromatic rings. The molecule has 1 atom stereocenters. The van der Waals surface area contributed by atoms with Gasteiger partial charge in [-0.05, 0) is 18.5 Å². The average molecular weight is 219 g/mol. The molecule has 3 nitrogen and oxygen atoms in total. The molecule has 0 aliphatic rings. The van der Waals surface area contributed by atoms with Crippen molar-refractivity contribution in [1.29, 1.82) is 0 Å². The van der Waals surface area contributed by atoms with Crippen LogP contribution in [0.2, 0.25) is 0 Å². The minimum atomic E-state index is -5.02. The Kier molecular flexibility index (Phi) is 3.32. The van der Waals surface area contributed by atoms with Crippen LogP contribution in [-0.2, 0) is 14.3 Å². The number of hydrogen-bond acceptors (Lipinski definition) is 3. The first-order valence-corrected chi connectivity index (χ1v) is 3.45. The second-order valence-corrected chi connectivity index (χ2v) is 2.74. The molecule has 0 fully saturated rings. The number of rotatable bonds is 2. The van der Waals surface area contributed by atoms with Crippen molar-refractivity contribution in [2.75, 3.05) is 0 Å². The lowest BCUT2D eigenvalue weighted by molar-refractivity contribution is -0.250. The Hall–Kier alpha value is -0.780.